The number of aliphatic hydroxyl groups excluding tert-OH is 1. The summed E-state index contributed by atoms with van der Waals surface area (Å²) in [7, 11) is 3.61. The van der Waals surface area contributed by atoms with Gasteiger partial charge in [0.05, 0.1) is 25.4 Å². The molecule has 0 aliphatic heterocycles. The molecule has 0 fully saturated rings. The van der Waals surface area contributed by atoms with Crippen molar-refractivity contribution in [1.82, 2.24) is 14.9 Å². The third kappa shape index (κ3) is 6.68. The van der Waals surface area contributed by atoms with Crippen molar-refractivity contribution in [2.75, 3.05) is 33.4 Å². The van der Waals surface area contributed by atoms with Crippen LogP contribution in [-0.2, 0) is 22.9 Å². The Morgan fingerprint density at radius 3 is 2.89 bits per heavy atom. The molecule has 1 heterocycles. The molecule has 6 heteroatoms. The molecule has 0 radical (unpaired) electrons. The summed E-state index contributed by atoms with van der Waals surface area (Å²) in [5.41, 5.74) is 0. The lowest BCUT2D eigenvalue weighted by atomic mass is 10.3. The maximum atomic E-state index is 9.73. The molecule has 0 aliphatic carbocycles. The number of rotatable bonds is 10. The van der Waals surface area contributed by atoms with Gasteiger partial charge in [0.15, 0.2) is 0 Å². The van der Waals surface area contributed by atoms with Gasteiger partial charge in [-0.05, 0) is 6.92 Å². The van der Waals surface area contributed by atoms with E-state index in [9.17, 15) is 5.11 Å². The predicted molar refractivity (Wildman–Crippen MR) is 73.1 cm³/mol. The first kappa shape index (κ1) is 16.1. The van der Waals surface area contributed by atoms with Crippen LogP contribution in [0.15, 0.2) is 12.4 Å². The summed E-state index contributed by atoms with van der Waals surface area (Å²) in [6, 6.07) is 0. The second kappa shape index (κ2) is 9.03. The summed E-state index contributed by atoms with van der Waals surface area (Å²) in [5, 5.41) is 12.9. The van der Waals surface area contributed by atoms with E-state index in [1.807, 2.05) is 24.7 Å². The monoisotopic (exact) mass is 271 g/mol. The molecule has 0 saturated heterocycles. The van der Waals surface area contributed by atoms with Crippen molar-refractivity contribution in [3.05, 3.63) is 18.2 Å². The minimum absolute atomic E-state index is 0.00668. The quantitative estimate of drug-likeness (QED) is 0.585. The third-order valence-corrected chi connectivity index (χ3v) is 2.80. The average molecular weight is 271 g/mol. The molecule has 1 aromatic heterocycles. The second-order valence-corrected chi connectivity index (χ2v) is 4.66. The zero-order valence-corrected chi connectivity index (χ0v) is 12.0. The molecule has 0 spiro atoms. The lowest BCUT2D eigenvalue weighted by Gasteiger charge is -2.16. The van der Waals surface area contributed by atoms with E-state index in [4.69, 9.17) is 9.47 Å². The molecule has 110 valence electrons. The molecule has 2 unspecified atom stereocenters. The Morgan fingerprint density at radius 2 is 2.26 bits per heavy atom. The Kier molecular flexibility index (Phi) is 7.66. The van der Waals surface area contributed by atoms with Crippen LogP contribution in [0.3, 0.4) is 0 Å². The predicted octanol–water partition coefficient (Wildman–Crippen LogP) is -0.0354. The van der Waals surface area contributed by atoms with E-state index in [0.29, 0.717) is 19.8 Å². The molecule has 2 atom stereocenters. The van der Waals surface area contributed by atoms with Gasteiger partial charge in [-0.25, -0.2) is 4.98 Å². The van der Waals surface area contributed by atoms with Crippen LogP contribution in [0, 0.1) is 0 Å². The van der Waals surface area contributed by atoms with Gasteiger partial charge in [-0.15, -0.1) is 0 Å². The molecule has 1 aromatic rings. The van der Waals surface area contributed by atoms with E-state index in [0.717, 1.165) is 18.8 Å². The van der Waals surface area contributed by atoms with E-state index < -0.39 is 6.10 Å². The highest BCUT2D eigenvalue weighted by atomic mass is 16.5. The minimum atomic E-state index is -0.499. The number of aryl methyl sites for hydroxylation is 1. The van der Waals surface area contributed by atoms with Crippen molar-refractivity contribution in [3.63, 3.8) is 0 Å². The van der Waals surface area contributed by atoms with Crippen LogP contribution in [-0.4, -0.2) is 60.3 Å². The smallest absolute Gasteiger partial charge is 0.109 e. The fourth-order valence-electron chi connectivity index (χ4n) is 1.72. The number of imidazole rings is 1. The number of ether oxygens (including phenoxy) is 2. The molecule has 0 aromatic carbocycles. The summed E-state index contributed by atoms with van der Waals surface area (Å²) in [5.74, 6) is 1.03. The normalized spacial score (nSPS) is 14.5. The molecule has 0 saturated carbocycles. The fraction of sp³-hybridized carbons (Fsp3) is 0.769. The maximum absolute atomic E-state index is 9.73. The number of methoxy groups -OCH3 is 1. The fourth-order valence-corrected chi connectivity index (χ4v) is 1.72. The molecule has 0 bridgehead atoms. The van der Waals surface area contributed by atoms with Crippen LogP contribution < -0.4 is 5.32 Å². The van der Waals surface area contributed by atoms with Crippen LogP contribution in [0.2, 0.25) is 0 Å². The van der Waals surface area contributed by atoms with Gasteiger partial charge >= 0.3 is 0 Å². The Morgan fingerprint density at radius 1 is 1.47 bits per heavy atom. The van der Waals surface area contributed by atoms with Gasteiger partial charge in [0.2, 0.25) is 0 Å². The van der Waals surface area contributed by atoms with Gasteiger partial charge in [0, 0.05) is 46.1 Å². The van der Waals surface area contributed by atoms with Crippen molar-refractivity contribution >= 4 is 0 Å². The van der Waals surface area contributed by atoms with Crippen LogP contribution in [0.5, 0.6) is 0 Å². The standard InChI is InChI=1S/C13H25N3O3/c1-11(9-18-3)19-10-12(17)8-14-5-4-13-15-6-7-16(13)2/h6-7,11-12,14,17H,4-5,8-10H2,1-3H3. The molecule has 0 amide bonds. The maximum Gasteiger partial charge on any atom is 0.109 e. The van der Waals surface area contributed by atoms with E-state index in [1.54, 1.807) is 13.3 Å². The topological polar surface area (TPSA) is 68.5 Å². The van der Waals surface area contributed by atoms with Gasteiger partial charge in [0.1, 0.15) is 5.82 Å². The SMILES string of the molecule is COCC(C)OCC(O)CNCCc1nccn1C. The number of aromatic nitrogens is 2. The van der Waals surface area contributed by atoms with Crippen LogP contribution in [0.4, 0.5) is 0 Å². The first-order valence-electron chi connectivity index (χ1n) is 6.59. The number of hydrogen-bond donors (Lipinski definition) is 2. The highest BCUT2D eigenvalue weighted by molar-refractivity contribution is 4.91. The van der Waals surface area contributed by atoms with Crippen LogP contribution in [0.1, 0.15) is 12.7 Å². The summed E-state index contributed by atoms with van der Waals surface area (Å²) in [6.07, 6.45) is 4.06. The van der Waals surface area contributed by atoms with Crippen molar-refractivity contribution in [1.29, 1.82) is 0 Å². The Labute approximate surface area is 114 Å². The van der Waals surface area contributed by atoms with Crippen molar-refractivity contribution in [2.45, 2.75) is 25.6 Å². The van der Waals surface area contributed by atoms with Gasteiger partial charge in [0.25, 0.3) is 0 Å². The second-order valence-electron chi connectivity index (χ2n) is 4.66. The summed E-state index contributed by atoms with van der Waals surface area (Å²) in [6.45, 7) is 4.09. The third-order valence-electron chi connectivity index (χ3n) is 2.80. The van der Waals surface area contributed by atoms with Crippen LogP contribution >= 0.6 is 0 Å². The molecular weight excluding hydrogens is 246 g/mol. The molecule has 19 heavy (non-hydrogen) atoms. The zero-order chi connectivity index (χ0) is 14.1. The largest absolute Gasteiger partial charge is 0.389 e. The van der Waals surface area contributed by atoms with E-state index in [-0.39, 0.29) is 6.10 Å². The molecular formula is C13H25N3O3. The number of hydrogen-bond acceptors (Lipinski definition) is 5. The zero-order valence-electron chi connectivity index (χ0n) is 12.0. The first-order chi connectivity index (χ1) is 9.13. The Bertz CT molecular complexity index is 344. The van der Waals surface area contributed by atoms with E-state index in [1.165, 1.54) is 0 Å². The molecule has 0 aliphatic rings. The lowest BCUT2D eigenvalue weighted by Crippen LogP contribution is -2.33. The van der Waals surface area contributed by atoms with Crippen LogP contribution in [0.25, 0.3) is 0 Å². The molecule has 6 nitrogen and oxygen atoms in total. The van der Waals surface area contributed by atoms with Gasteiger partial charge in [-0.1, -0.05) is 0 Å². The van der Waals surface area contributed by atoms with Crippen molar-refractivity contribution < 1.29 is 14.6 Å². The van der Waals surface area contributed by atoms with Gasteiger partial charge < -0.3 is 24.5 Å². The van der Waals surface area contributed by atoms with Crippen molar-refractivity contribution in [2.24, 2.45) is 7.05 Å². The summed E-state index contributed by atoms with van der Waals surface area (Å²) < 4.78 is 12.4. The average Bonchev–Trinajstić information content (AvgIpc) is 2.78. The number of nitrogens with zero attached hydrogens (tertiary/aromatic N) is 2. The number of nitrogens with one attached hydrogen (secondary N) is 1. The van der Waals surface area contributed by atoms with Crippen molar-refractivity contribution in [3.8, 4) is 0 Å². The van der Waals surface area contributed by atoms with Gasteiger partial charge in [-0.3, -0.25) is 0 Å². The lowest BCUT2D eigenvalue weighted by molar-refractivity contribution is -0.0310. The summed E-state index contributed by atoms with van der Waals surface area (Å²) >= 11 is 0. The van der Waals surface area contributed by atoms with E-state index >= 15 is 0 Å². The Hall–Kier alpha value is -0.950. The minimum Gasteiger partial charge on any atom is -0.389 e. The molecule has 1 rings (SSSR count). The van der Waals surface area contributed by atoms with Gasteiger partial charge in [-0.2, -0.15) is 0 Å². The molecule has 2 N–H and O–H groups in total. The summed E-state index contributed by atoms with van der Waals surface area (Å²) in [4.78, 5) is 4.23. The first-order valence-corrected chi connectivity index (χ1v) is 6.59. The highest BCUT2D eigenvalue weighted by Gasteiger charge is 2.07. The Balaban J connectivity index is 2.04. The van der Waals surface area contributed by atoms with E-state index in [2.05, 4.69) is 10.3 Å². The number of aliphatic hydroxyl groups is 1. The highest BCUT2D eigenvalue weighted by Crippen LogP contribution is 1.95.